The van der Waals surface area contributed by atoms with Crippen molar-refractivity contribution in [3.63, 3.8) is 0 Å². The van der Waals surface area contributed by atoms with Gasteiger partial charge < -0.3 is 0 Å². The van der Waals surface area contributed by atoms with Gasteiger partial charge in [-0.3, -0.25) is 0 Å². The molecule has 48 valence electrons. The van der Waals surface area contributed by atoms with Crippen LogP contribution in [0.3, 0.4) is 0 Å². The average Bonchev–Trinajstić information content (AvgIpc) is 0.918. The molecule has 0 aromatic heterocycles. The Balaban J connectivity index is -0.00000000333. The van der Waals surface area contributed by atoms with E-state index >= 15 is 0 Å². The van der Waals surface area contributed by atoms with Gasteiger partial charge in [-0.25, -0.2) is 0 Å². The molecular formula is C3H16Ge2O2. The SMILES string of the molecule is C.C.C.[GeH4].[O]=[Ge]=[O]. The van der Waals surface area contributed by atoms with Crippen LogP contribution >= 0.6 is 0 Å². The van der Waals surface area contributed by atoms with Gasteiger partial charge in [0, 0.05) is 0 Å². The summed E-state index contributed by atoms with van der Waals surface area (Å²) in [5.41, 5.74) is 0. The third-order valence-electron chi connectivity index (χ3n) is 0. The summed E-state index contributed by atoms with van der Waals surface area (Å²) < 4.78 is 17.0. The van der Waals surface area contributed by atoms with Crippen molar-refractivity contribution >= 4 is 32.9 Å². The summed E-state index contributed by atoms with van der Waals surface area (Å²) in [5.74, 6) is 0. The van der Waals surface area contributed by atoms with Gasteiger partial charge in [-0.2, -0.15) is 0 Å². The first kappa shape index (κ1) is 47.6. The molecule has 0 aliphatic rings. The fourth-order valence-electron chi connectivity index (χ4n) is 0. The standard InChI is InChI=1S/3CH4.GeO2.GeH4/c;;;2-1-3;/h3*1H4;;1H4. The quantitative estimate of drug-likeness (QED) is 0.541. The first-order valence-electron chi connectivity index (χ1n) is 0.408. The molecule has 0 heterocycles. The molecule has 0 aromatic carbocycles. The van der Waals surface area contributed by atoms with Gasteiger partial charge in [0.2, 0.25) is 0 Å². The topological polar surface area (TPSA) is 34.1 Å². The second kappa shape index (κ2) is 76.1. The van der Waals surface area contributed by atoms with Crippen molar-refractivity contribution in [1.29, 1.82) is 0 Å². The molecule has 0 spiro atoms. The maximum absolute atomic E-state index is 8.50. The van der Waals surface area contributed by atoms with Gasteiger partial charge in [0.1, 0.15) is 0 Å². The molecule has 0 radical (unpaired) electrons. The molecule has 2 nitrogen and oxygen atoms in total. The molecule has 0 N–H and O–H groups in total. The van der Waals surface area contributed by atoms with E-state index in [9.17, 15) is 0 Å². The Labute approximate surface area is 62.9 Å². The van der Waals surface area contributed by atoms with Crippen LogP contribution < -0.4 is 0 Å². The molecule has 7 heavy (non-hydrogen) atoms. The van der Waals surface area contributed by atoms with Gasteiger partial charge in [-0.1, -0.05) is 22.3 Å². The summed E-state index contributed by atoms with van der Waals surface area (Å²) in [4.78, 5) is 0. The number of hydrogen-bond acceptors (Lipinski definition) is 2. The molecule has 0 amide bonds. The maximum atomic E-state index is 8.50. The van der Waals surface area contributed by atoms with E-state index in [1.165, 1.54) is 0 Å². The predicted molar refractivity (Wildman–Crippen MR) is 38.7 cm³/mol. The van der Waals surface area contributed by atoms with E-state index in [0.29, 0.717) is 0 Å². The molecule has 0 bridgehead atoms. The molecule has 4 heteroatoms. The van der Waals surface area contributed by atoms with Crippen LogP contribution in [0.25, 0.3) is 0 Å². The van der Waals surface area contributed by atoms with Crippen LogP contribution in [0.1, 0.15) is 22.3 Å². The van der Waals surface area contributed by atoms with Gasteiger partial charge in [-0.05, 0) is 0 Å². The Kier molecular flexibility index (Phi) is 518. The molecule has 0 unspecified atom stereocenters. The third kappa shape index (κ3) is 312. The van der Waals surface area contributed by atoms with Crippen LogP contribution in [0, 0.1) is 0 Å². The van der Waals surface area contributed by atoms with Crippen molar-refractivity contribution < 1.29 is 7.56 Å². The predicted octanol–water partition coefficient (Wildman–Crippen LogP) is -0.162. The van der Waals surface area contributed by atoms with Crippen molar-refractivity contribution in [3.8, 4) is 0 Å². The molecule has 0 aliphatic carbocycles. The van der Waals surface area contributed by atoms with Crippen molar-refractivity contribution in [2.45, 2.75) is 22.3 Å². The van der Waals surface area contributed by atoms with E-state index in [-0.39, 0.29) is 39.9 Å². The van der Waals surface area contributed by atoms with E-state index in [1.807, 2.05) is 0 Å². The van der Waals surface area contributed by atoms with Gasteiger partial charge in [0.25, 0.3) is 0 Å². The second-order valence-electron chi connectivity index (χ2n) is 0.0833. The van der Waals surface area contributed by atoms with Crippen LogP contribution in [-0.2, 0) is 7.56 Å². The first-order valence-corrected chi connectivity index (χ1v) is 2.12. The third-order valence-corrected chi connectivity index (χ3v) is 0. The van der Waals surface area contributed by atoms with Gasteiger partial charge in [0.05, 0.1) is 0 Å². The molecule has 0 atom stereocenters. The Morgan fingerprint density at radius 3 is 0.857 bits per heavy atom. The minimum absolute atomic E-state index is 0. The molecule has 0 aromatic rings. The van der Waals surface area contributed by atoms with Crippen molar-refractivity contribution in [2.24, 2.45) is 0 Å². The summed E-state index contributed by atoms with van der Waals surface area (Å²) in [6.07, 6.45) is 0. The minimum atomic E-state index is -2.00. The van der Waals surface area contributed by atoms with Crippen LogP contribution in [0.15, 0.2) is 0 Å². The van der Waals surface area contributed by atoms with Crippen molar-refractivity contribution in [2.75, 3.05) is 0 Å². The number of rotatable bonds is 0. The van der Waals surface area contributed by atoms with Gasteiger partial charge in [0.15, 0.2) is 0 Å². The van der Waals surface area contributed by atoms with Gasteiger partial charge in [-0.15, -0.1) is 0 Å². The molecule has 0 saturated carbocycles. The first-order chi connectivity index (χ1) is 1.41. The van der Waals surface area contributed by atoms with Crippen LogP contribution in [0.4, 0.5) is 0 Å². The van der Waals surface area contributed by atoms with Crippen LogP contribution in [0.5, 0.6) is 0 Å². The summed E-state index contributed by atoms with van der Waals surface area (Å²) in [6.45, 7) is 0. The Morgan fingerprint density at radius 1 is 0.857 bits per heavy atom. The Bertz CT molecular complexity index is 31.9. The van der Waals surface area contributed by atoms with Crippen LogP contribution in [0.2, 0.25) is 0 Å². The van der Waals surface area contributed by atoms with Crippen molar-refractivity contribution in [3.05, 3.63) is 0 Å². The molecule has 0 saturated heterocycles. The van der Waals surface area contributed by atoms with Crippen LogP contribution in [-0.4, -0.2) is 32.9 Å². The van der Waals surface area contributed by atoms with Crippen molar-refractivity contribution in [1.82, 2.24) is 0 Å². The van der Waals surface area contributed by atoms with E-state index in [0.717, 1.165) is 0 Å². The summed E-state index contributed by atoms with van der Waals surface area (Å²) in [6, 6.07) is 0. The number of hydrogen-bond donors (Lipinski definition) is 0. The fraction of sp³-hybridized carbons (Fsp3) is 1.00. The Hall–Kier alpha value is 0.686. The monoisotopic (exact) mass is 232 g/mol. The normalized spacial score (nSPS) is 1.14. The average molecular weight is 229 g/mol. The summed E-state index contributed by atoms with van der Waals surface area (Å²) in [5, 5.41) is 0. The zero-order valence-corrected chi connectivity index (χ0v) is 3.41. The zero-order chi connectivity index (χ0) is 2.71. The van der Waals surface area contributed by atoms with Gasteiger partial charge >= 0.3 is 40.5 Å². The Morgan fingerprint density at radius 2 is 0.857 bits per heavy atom. The summed E-state index contributed by atoms with van der Waals surface area (Å²) in [7, 11) is 0. The molecule has 0 rings (SSSR count). The fourth-order valence-corrected chi connectivity index (χ4v) is 0. The second-order valence-corrected chi connectivity index (χ2v) is 0.433. The molecule has 0 aliphatic heterocycles. The van der Waals surface area contributed by atoms with E-state index in [2.05, 4.69) is 0 Å². The molecular weight excluding hydrogens is 213 g/mol. The zero-order valence-electron chi connectivity index (χ0n) is 1.32. The van der Waals surface area contributed by atoms with E-state index < -0.39 is 15.3 Å². The van der Waals surface area contributed by atoms with E-state index in [4.69, 9.17) is 7.56 Å². The molecule has 0 fully saturated rings. The summed E-state index contributed by atoms with van der Waals surface area (Å²) >= 11 is -2.00. The van der Waals surface area contributed by atoms with E-state index in [1.54, 1.807) is 0 Å².